The first-order chi connectivity index (χ1) is 12.5. The first-order valence-corrected chi connectivity index (χ1v) is 7.43. The Morgan fingerprint density at radius 1 is 1.19 bits per heavy atom. The quantitative estimate of drug-likeness (QED) is 0.653. The molecule has 8 heteroatoms. The zero-order valence-electron chi connectivity index (χ0n) is 13.2. The number of hydrogen-bond acceptors (Lipinski definition) is 5. The number of carbonyl (C=O) groups excluding carboxylic acids is 1. The van der Waals surface area contributed by atoms with Crippen LogP contribution in [0.3, 0.4) is 0 Å². The van der Waals surface area contributed by atoms with Crippen molar-refractivity contribution in [3.8, 4) is 23.3 Å². The minimum atomic E-state index is -2.92. The van der Waals surface area contributed by atoms with Crippen molar-refractivity contribution in [1.29, 1.82) is 5.26 Å². The highest BCUT2D eigenvalue weighted by Gasteiger charge is 2.15. The minimum Gasteiger partial charge on any atom is -0.454 e. The Morgan fingerprint density at radius 3 is 2.62 bits per heavy atom. The third kappa shape index (κ3) is 4.08. The number of alkyl halides is 2. The fourth-order valence-corrected chi connectivity index (χ4v) is 2.23. The second kappa shape index (κ2) is 7.53. The summed E-state index contributed by atoms with van der Waals surface area (Å²) in [5, 5.41) is 11.8. The summed E-state index contributed by atoms with van der Waals surface area (Å²) in [6, 6.07) is 12.2. The lowest BCUT2D eigenvalue weighted by molar-refractivity contribution is -0.112. The molecule has 1 amide bonds. The maximum Gasteiger partial charge on any atom is 0.387 e. The zero-order valence-corrected chi connectivity index (χ0v) is 13.2. The number of hydrogen-bond donors (Lipinski definition) is 1. The number of nitrogens with one attached hydrogen (secondary N) is 1. The first kappa shape index (κ1) is 17.2. The van der Waals surface area contributed by atoms with Crippen LogP contribution >= 0.6 is 0 Å². The van der Waals surface area contributed by atoms with E-state index in [1.54, 1.807) is 18.2 Å². The number of anilines is 1. The molecule has 6 nitrogen and oxygen atoms in total. The normalized spacial score (nSPS) is 12.6. The molecule has 0 aliphatic carbocycles. The summed E-state index contributed by atoms with van der Waals surface area (Å²) in [5.74, 6) is 0.449. The molecule has 1 heterocycles. The molecule has 0 saturated heterocycles. The van der Waals surface area contributed by atoms with E-state index in [4.69, 9.17) is 9.47 Å². The largest absolute Gasteiger partial charge is 0.454 e. The van der Waals surface area contributed by atoms with Crippen molar-refractivity contribution < 1.29 is 27.8 Å². The first-order valence-electron chi connectivity index (χ1n) is 7.43. The SMILES string of the molecule is N#C/C(=C\c1ccc(OC(F)F)cc1)C(=O)Nc1ccc2c(c1)OCO2. The lowest BCUT2D eigenvalue weighted by atomic mass is 10.1. The van der Waals surface area contributed by atoms with Gasteiger partial charge in [-0.2, -0.15) is 14.0 Å². The van der Waals surface area contributed by atoms with Gasteiger partial charge in [-0.1, -0.05) is 12.1 Å². The standard InChI is InChI=1S/C18H12F2N2O4/c19-18(20)26-14-4-1-11(2-5-14)7-12(9-21)17(23)22-13-3-6-15-16(8-13)25-10-24-15/h1-8,18H,10H2,(H,22,23)/b12-7+. The van der Waals surface area contributed by atoms with Crippen LogP contribution in [0, 0.1) is 11.3 Å². The number of carbonyl (C=O) groups is 1. The van der Waals surface area contributed by atoms with Crippen LogP contribution in [0.1, 0.15) is 5.56 Å². The molecule has 26 heavy (non-hydrogen) atoms. The van der Waals surface area contributed by atoms with E-state index in [1.807, 2.05) is 6.07 Å². The molecule has 0 spiro atoms. The van der Waals surface area contributed by atoms with Crippen molar-refractivity contribution in [2.45, 2.75) is 6.61 Å². The number of benzene rings is 2. The topological polar surface area (TPSA) is 80.6 Å². The number of fused-ring (bicyclic) bond motifs is 1. The molecular weight excluding hydrogens is 346 g/mol. The molecule has 0 atom stereocenters. The van der Waals surface area contributed by atoms with Gasteiger partial charge in [0.1, 0.15) is 17.4 Å². The summed E-state index contributed by atoms with van der Waals surface area (Å²) in [4.78, 5) is 12.3. The molecule has 0 radical (unpaired) electrons. The van der Waals surface area contributed by atoms with Crippen molar-refractivity contribution in [1.82, 2.24) is 0 Å². The number of nitrogens with zero attached hydrogens (tertiary/aromatic N) is 1. The van der Waals surface area contributed by atoms with Gasteiger partial charge in [0.15, 0.2) is 11.5 Å². The van der Waals surface area contributed by atoms with Crippen LogP contribution in [0.4, 0.5) is 14.5 Å². The Hall–Kier alpha value is -3.60. The molecule has 1 N–H and O–H groups in total. The van der Waals surface area contributed by atoms with Gasteiger partial charge in [-0.3, -0.25) is 4.79 Å². The Labute approximate surface area is 147 Å². The van der Waals surface area contributed by atoms with Crippen LogP contribution < -0.4 is 19.5 Å². The minimum absolute atomic E-state index is 0.0135. The van der Waals surface area contributed by atoms with Crippen molar-refractivity contribution in [2.24, 2.45) is 0 Å². The number of rotatable bonds is 5. The van der Waals surface area contributed by atoms with Crippen molar-refractivity contribution in [2.75, 3.05) is 12.1 Å². The van der Waals surface area contributed by atoms with Crippen LogP contribution in [-0.2, 0) is 4.79 Å². The summed E-state index contributed by atoms with van der Waals surface area (Å²) < 4.78 is 38.9. The van der Waals surface area contributed by atoms with Gasteiger partial charge < -0.3 is 19.5 Å². The smallest absolute Gasteiger partial charge is 0.387 e. The maximum absolute atomic E-state index is 12.3. The zero-order chi connectivity index (χ0) is 18.5. The van der Waals surface area contributed by atoms with E-state index in [2.05, 4.69) is 10.1 Å². The van der Waals surface area contributed by atoms with E-state index in [0.717, 1.165) is 0 Å². The average molecular weight is 358 g/mol. The van der Waals surface area contributed by atoms with E-state index < -0.39 is 12.5 Å². The van der Waals surface area contributed by atoms with Crippen molar-refractivity contribution >= 4 is 17.7 Å². The summed E-state index contributed by atoms with van der Waals surface area (Å²) in [6.45, 7) is -2.81. The number of halogens is 2. The van der Waals surface area contributed by atoms with Crippen LogP contribution in [0.2, 0.25) is 0 Å². The monoisotopic (exact) mass is 358 g/mol. The van der Waals surface area contributed by atoms with Gasteiger partial charge >= 0.3 is 6.61 Å². The molecule has 0 saturated carbocycles. The van der Waals surface area contributed by atoms with Gasteiger partial charge in [0.2, 0.25) is 6.79 Å². The lowest BCUT2D eigenvalue weighted by Gasteiger charge is -2.06. The van der Waals surface area contributed by atoms with Crippen molar-refractivity contribution in [3.05, 3.63) is 53.6 Å². The van der Waals surface area contributed by atoms with Gasteiger partial charge in [0.05, 0.1) is 0 Å². The van der Waals surface area contributed by atoms with E-state index in [9.17, 15) is 18.8 Å². The van der Waals surface area contributed by atoms with E-state index >= 15 is 0 Å². The van der Waals surface area contributed by atoms with E-state index in [1.165, 1.54) is 30.3 Å². The molecule has 1 aliphatic heterocycles. The summed E-state index contributed by atoms with van der Waals surface area (Å²) in [7, 11) is 0. The van der Waals surface area contributed by atoms with Crippen LogP contribution in [0.25, 0.3) is 6.08 Å². The molecule has 0 aromatic heterocycles. The van der Waals surface area contributed by atoms with Gasteiger partial charge in [0.25, 0.3) is 5.91 Å². The fraction of sp³-hybridized carbons (Fsp3) is 0.111. The Bertz CT molecular complexity index is 889. The summed E-state index contributed by atoms with van der Waals surface area (Å²) in [5.41, 5.74) is 0.787. The van der Waals surface area contributed by atoms with Crippen LogP contribution in [0.5, 0.6) is 17.2 Å². The maximum atomic E-state index is 12.3. The molecule has 2 aromatic carbocycles. The predicted molar refractivity (Wildman–Crippen MR) is 87.9 cm³/mol. The Morgan fingerprint density at radius 2 is 1.92 bits per heavy atom. The Kier molecular flexibility index (Phi) is 4.99. The molecule has 0 bridgehead atoms. The molecule has 2 aromatic rings. The molecular formula is C18H12F2N2O4. The molecule has 132 valence electrons. The lowest BCUT2D eigenvalue weighted by Crippen LogP contribution is -2.13. The molecule has 3 rings (SSSR count). The number of ether oxygens (including phenoxy) is 3. The summed E-state index contributed by atoms with van der Waals surface area (Å²) >= 11 is 0. The average Bonchev–Trinajstić information content (AvgIpc) is 3.08. The third-order valence-corrected chi connectivity index (χ3v) is 3.41. The molecule has 0 fully saturated rings. The second-order valence-corrected chi connectivity index (χ2v) is 5.14. The number of amides is 1. The molecule has 0 unspecified atom stereocenters. The fourth-order valence-electron chi connectivity index (χ4n) is 2.23. The van der Waals surface area contributed by atoms with Gasteiger partial charge in [-0.25, -0.2) is 0 Å². The highest BCUT2D eigenvalue weighted by Crippen LogP contribution is 2.34. The number of nitriles is 1. The van der Waals surface area contributed by atoms with E-state index in [0.29, 0.717) is 22.7 Å². The van der Waals surface area contributed by atoms with Gasteiger partial charge in [-0.15, -0.1) is 0 Å². The van der Waals surface area contributed by atoms with Crippen molar-refractivity contribution in [3.63, 3.8) is 0 Å². The molecule has 1 aliphatic rings. The highest BCUT2D eigenvalue weighted by atomic mass is 19.3. The second-order valence-electron chi connectivity index (χ2n) is 5.14. The van der Waals surface area contributed by atoms with Crippen LogP contribution in [-0.4, -0.2) is 19.3 Å². The van der Waals surface area contributed by atoms with E-state index in [-0.39, 0.29) is 18.1 Å². The van der Waals surface area contributed by atoms with Crippen LogP contribution in [0.15, 0.2) is 48.0 Å². The predicted octanol–water partition coefficient (Wildman–Crippen LogP) is 3.56. The van der Waals surface area contributed by atoms with Gasteiger partial charge in [0, 0.05) is 11.8 Å². The summed E-state index contributed by atoms with van der Waals surface area (Å²) in [6.07, 6.45) is 1.34. The third-order valence-electron chi connectivity index (χ3n) is 3.41. The highest BCUT2D eigenvalue weighted by molar-refractivity contribution is 6.09. The van der Waals surface area contributed by atoms with Gasteiger partial charge in [-0.05, 0) is 35.9 Å². The Balaban J connectivity index is 1.72.